The van der Waals surface area contributed by atoms with E-state index in [2.05, 4.69) is 64.2 Å². The molecule has 0 aromatic carbocycles. The molecule has 3 rings (SSSR count). The maximum absolute atomic E-state index is 13.1. The first-order valence-corrected chi connectivity index (χ1v) is 9.98. The molecule has 25 heavy (non-hydrogen) atoms. The molecule has 140 valence electrons. The minimum atomic E-state index is -0.177. The van der Waals surface area contributed by atoms with E-state index in [1.165, 1.54) is 0 Å². The van der Waals surface area contributed by atoms with Crippen LogP contribution in [0.1, 0.15) is 47.5 Å². The summed E-state index contributed by atoms with van der Waals surface area (Å²) >= 11 is 1.90. The van der Waals surface area contributed by atoms with E-state index >= 15 is 0 Å². The van der Waals surface area contributed by atoms with Crippen LogP contribution in [0.5, 0.6) is 0 Å². The second kappa shape index (κ2) is 7.11. The van der Waals surface area contributed by atoms with E-state index in [-0.39, 0.29) is 39.9 Å². The fraction of sp³-hybridized carbons (Fsp3) is 0.700. The van der Waals surface area contributed by atoms with Gasteiger partial charge in [-0.1, -0.05) is 39.0 Å². The van der Waals surface area contributed by atoms with Crippen LogP contribution in [-0.4, -0.2) is 34.2 Å². The Morgan fingerprint density at radius 3 is 2.72 bits per heavy atom. The number of halogens is 1. The molecule has 0 aromatic rings. The summed E-state index contributed by atoms with van der Waals surface area (Å²) in [6, 6.07) is 0. The monoisotopic (exact) mass is 382 g/mol. The largest absolute Gasteiger partial charge is 0.351 e. The number of carbonyl (C=O) groups excluding carboxylic acids is 1. The van der Waals surface area contributed by atoms with Gasteiger partial charge >= 0.3 is 0 Å². The summed E-state index contributed by atoms with van der Waals surface area (Å²) < 4.78 is -0.0663. The van der Waals surface area contributed by atoms with Crippen molar-refractivity contribution in [1.29, 1.82) is 0 Å². The lowest BCUT2D eigenvalue weighted by molar-refractivity contribution is -0.127. The van der Waals surface area contributed by atoms with Crippen LogP contribution < -0.4 is 5.32 Å². The van der Waals surface area contributed by atoms with Gasteiger partial charge in [-0.3, -0.25) is 9.79 Å². The van der Waals surface area contributed by atoms with Crippen molar-refractivity contribution in [1.82, 2.24) is 5.32 Å². The van der Waals surface area contributed by atoms with E-state index in [0.717, 1.165) is 30.9 Å². The number of aliphatic imine (C=N–C) groups is 1. The SMILES string of the molecule is CC(C)(C)CC(C)(C)NC(=O)C1CSC23C=CC=CC2=NCCC13.Cl. The van der Waals surface area contributed by atoms with Crippen LogP contribution in [0.4, 0.5) is 0 Å². The normalized spacial score (nSPS) is 30.8. The standard InChI is InChI=1S/C20H30N2OS.ClH/c1-18(2,3)13-19(4,5)22-17(23)14-12-24-20-10-7-6-8-16(20)21-11-9-15(14)20;/h6-8,10,14-15H,9,11-13H2,1-5H3,(H,22,23);1H. The summed E-state index contributed by atoms with van der Waals surface area (Å²) in [5, 5.41) is 3.35. The Labute approximate surface area is 162 Å². The van der Waals surface area contributed by atoms with Crippen molar-refractivity contribution in [3.63, 3.8) is 0 Å². The van der Waals surface area contributed by atoms with Crippen molar-refractivity contribution in [2.45, 2.75) is 57.7 Å². The third-order valence-corrected chi connectivity index (χ3v) is 6.79. The maximum atomic E-state index is 13.1. The van der Waals surface area contributed by atoms with Crippen LogP contribution in [0.25, 0.3) is 0 Å². The average molecular weight is 383 g/mol. The summed E-state index contributed by atoms with van der Waals surface area (Å²) in [5.74, 6) is 1.56. The van der Waals surface area contributed by atoms with E-state index < -0.39 is 0 Å². The number of nitrogens with one attached hydrogen (secondary N) is 1. The number of amides is 1. The highest BCUT2D eigenvalue weighted by molar-refractivity contribution is 8.02. The van der Waals surface area contributed by atoms with Crippen LogP contribution >= 0.6 is 24.2 Å². The molecule has 1 spiro atoms. The Balaban J connectivity index is 0.00000225. The molecule has 1 amide bonds. The second-order valence-electron chi connectivity index (χ2n) is 9.20. The van der Waals surface area contributed by atoms with E-state index in [1.807, 2.05) is 11.8 Å². The van der Waals surface area contributed by atoms with Crippen molar-refractivity contribution in [3.05, 3.63) is 24.3 Å². The molecule has 3 aliphatic rings. The zero-order valence-electron chi connectivity index (χ0n) is 16.0. The van der Waals surface area contributed by atoms with Crippen molar-refractivity contribution in [3.8, 4) is 0 Å². The number of hydrogen-bond acceptors (Lipinski definition) is 3. The lowest BCUT2D eigenvalue weighted by Gasteiger charge is -2.39. The van der Waals surface area contributed by atoms with Crippen molar-refractivity contribution in [2.75, 3.05) is 12.3 Å². The predicted molar refractivity (Wildman–Crippen MR) is 111 cm³/mol. The minimum absolute atomic E-state index is 0. The lowest BCUT2D eigenvalue weighted by Crippen LogP contribution is -2.51. The molecule has 0 bridgehead atoms. The Hall–Kier alpha value is -0.740. The first kappa shape index (κ1) is 20.6. The molecule has 2 aliphatic heterocycles. The average Bonchev–Trinajstić information content (AvgIpc) is 2.81. The highest BCUT2D eigenvalue weighted by atomic mass is 35.5. The van der Waals surface area contributed by atoms with Gasteiger partial charge in [-0.25, -0.2) is 0 Å². The zero-order valence-corrected chi connectivity index (χ0v) is 17.6. The van der Waals surface area contributed by atoms with Gasteiger partial charge in [0.15, 0.2) is 0 Å². The Bertz CT molecular complexity index is 618. The fourth-order valence-corrected chi connectivity index (χ4v) is 6.51. The van der Waals surface area contributed by atoms with Gasteiger partial charge in [0.05, 0.1) is 16.4 Å². The van der Waals surface area contributed by atoms with Crippen molar-refractivity contribution >= 4 is 35.8 Å². The maximum Gasteiger partial charge on any atom is 0.224 e. The molecule has 1 aliphatic carbocycles. The first-order valence-electron chi connectivity index (χ1n) is 9.00. The smallest absolute Gasteiger partial charge is 0.224 e. The molecule has 3 atom stereocenters. The molecule has 5 heteroatoms. The molecule has 1 N–H and O–H groups in total. The molecule has 1 saturated heterocycles. The van der Waals surface area contributed by atoms with Crippen molar-refractivity contribution in [2.24, 2.45) is 22.2 Å². The topological polar surface area (TPSA) is 41.5 Å². The molecule has 1 fully saturated rings. The van der Waals surface area contributed by atoms with Gasteiger partial charge < -0.3 is 5.32 Å². The third-order valence-electron chi connectivity index (χ3n) is 5.14. The molecular formula is C20H31ClN2OS. The van der Waals surface area contributed by atoms with E-state index in [9.17, 15) is 4.79 Å². The van der Waals surface area contributed by atoms with Gasteiger partial charge in [-0.05, 0) is 44.1 Å². The summed E-state index contributed by atoms with van der Waals surface area (Å²) in [7, 11) is 0. The number of carbonyl (C=O) groups is 1. The number of thioether (sulfide) groups is 1. The van der Waals surface area contributed by atoms with Gasteiger partial charge in [0.2, 0.25) is 5.91 Å². The molecule has 0 radical (unpaired) electrons. The Morgan fingerprint density at radius 1 is 1.32 bits per heavy atom. The Morgan fingerprint density at radius 2 is 2.04 bits per heavy atom. The summed E-state index contributed by atoms with van der Waals surface area (Å²) in [5.41, 5.74) is 1.18. The van der Waals surface area contributed by atoms with E-state index in [0.29, 0.717) is 5.92 Å². The van der Waals surface area contributed by atoms with Crippen LogP contribution in [0, 0.1) is 17.3 Å². The van der Waals surface area contributed by atoms with E-state index in [1.54, 1.807) is 0 Å². The number of allylic oxidation sites excluding steroid dienone is 3. The highest BCUT2D eigenvalue weighted by Crippen LogP contribution is 2.53. The summed E-state index contributed by atoms with van der Waals surface area (Å²) in [4.78, 5) is 17.8. The van der Waals surface area contributed by atoms with Gasteiger partial charge in [-0.15, -0.1) is 24.2 Å². The van der Waals surface area contributed by atoms with Crippen LogP contribution in [0.15, 0.2) is 29.3 Å². The lowest BCUT2D eigenvalue weighted by atomic mass is 9.73. The van der Waals surface area contributed by atoms with Gasteiger partial charge in [-0.2, -0.15) is 0 Å². The van der Waals surface area contributed by atoms with Crippen molar-refractivity contribution < 1.29 is 4.79 Å². The summed E-state index contributed by atoms with van der Waals surface area (Å²) in [6.45, 7) is 11.8. The summed E-state index contributed by atoms with van der Waals surface area (Å²) in [6.07, 6.45) is 10.6. The minimum Gasteiger partial charge on any atom is -0.351 e. The molecule has 2 heterocycles. The number of rotatable bonds is 3. The van der Waals surface area contributed by atoms with Crippen LogP contribution in [-0.2, 0) is 4.79 Å². The van der Waals surface area contributed by atoms with Gasteiger partial charge in [0, 0.05) is 17.8 Å². The number of nitrogens with zero attached hydrogens (tertiary/aromatic N) is 1. The molecule has 0 aromatic heterocycles. The quantitative estimate of drug-likeness (QED) is 0.784. The Kier molecular flexibility index (Phi) is 5.85. The fourth-order valence-electron chi connectivity index (χ4n) is 4.72. The molecular weight excluding hydrogens is 352 g/mol. The second-order valence-corrected chi connectivity index (χ2v) is 10.5. The molecule has 3 unspecified atom stereocenters. The predicted octanol–water partition coefficient (Wildman–Crippen LogP) is 4.43. The van der Waals surface area contributed by atoms with Crippen LogP contribution in [0.3, 0.4) is 0 Å². The van der Waals surface area contributed by atoms with Gasteiger partial charge in [0.25, 0.3) is 0 Å². The van der Waals surface area contributed by atoms with Gasteiger partial charge in [0.1, 0.15) is 0 Å². The molecule has 3 nitrogen and oxygen atoms in total. The first-order chi connectivity index (χ1) is 11.1. The molecule has 0 saturated carbocycles. The third kappa shape index (κ3) is 4.16. The highest BCUT2D eigenvalue weighted by Gasteiger charge is 2.54. The van der Waals surface area contributed by atoms with Crippen LogP contribution in [0.2, 0.25) is 0 Å². The zero-order chi connectivity index (χ0) is 17.6. The van der Waals surface area contributed by atoms with E-state index in [4.69, 9.17) is 4.99 Å². The number of hydrogen-bond donors (Lipinski definition) is 1.